The van der Waals surface area contributed by atoms with Crippen molar-refractivity contribution in [2.75, 3.05) is 5.32 Å². The summed E-state index contributed by atoms with van der Waals surface area (Å²) in [6.45, 7) is 2.05. The fourth-order valence-electron chi connectivity index (χ4n) is 2.66. The summed E-state index contributed by atoms with van der Waals surface area (Å²) in [5.74, 6) is 0.937. The van der Waals surface area contributed by atoms with E-state index in [4.69, 9.17) is 11.6 Å². The molecule has 0 radical (unpaired) electrons. The van der Waals surface area contributed by atoms with Crippen LogP contribution in [-0.2, 0) is 0 Å². The highest BCUT2D eigenvalue weighted by molar-refractivity contribution is 6.30. The number of para-hydroxylation sites is 1. The van der Waals surface area contributed by atoms with Crippen molar-refractivity contribution < 1.29 is 0 Å². The zero-order chi connectivity index (χ0) is 13.7. The second-order valence-corrected chi connectivity index (χ2v) is 5.33. The molecule has 106 valence electrons. The first-order chi connectivity index (χ1) is 9.74. The normalized spacial score (nSPS) is 11.3. The molecule has 0 unspecified atom stereocenters. The van der Waals surface area contributed by atoms with E-state index in [0.29, 0.717) is 0 Å². The molecule has 1 N–H and O–H groups in total. The van der Waals surface area contributed by atoms with Crippen molar-refractivity contribution in [2.45, 2.75) is 6.92 Å². The van der Waals surface area contributed by atoms with Gasteiger partial charge in [0.15, 0.2) is 0 Å². The summed E-state index contributed by atoms with van der Waals surface area (Å²) in [5.41, 5.74) is 5.29. The first-order valence-corrected chi connectivity index (χ1v) is 6.82. The van der Waals surface area contributed by atoms with Crippen molar-refractivity contribution in [1.82, 2.24) is 9.55 Å². The molecule has 3 nitrogen and oxygen atoms in total. The maximum atomic E-state index is 6.17. The number of aryl methyl sites for hydroxylation is 1. The number of halogens is 2. The number of benzene rings is 2. The topological polar surface area (TPSA) is 29.9 Å². The van der Waals surface area contributed by atoms with Crippen molar-refractivity contribution in [3.63, 3.8) is 0 Å². The molecule has 3 aromatic rings. The van der Waals surface area contributed by atoms with Gasteiger partial charge < -0.3 is 5.32 Å². The number of hydrogen-bond acceptors (Lipinski definition) is 2. The lowest BCUT2D eigenvalue weighted by Gasteiger charge is -2.11. The summed E-state index contributed by atoms with van der Waals surface area (Å²) in [4.78, 5) is 4.57. The van der Waals surface area contributed by atoms with Crippen molar-refractivity contribution in [3.8, 4) is 17.1 Å². The predicted molar refractivity (Wildman–Crippen MR) is 89.3 cm³/mol. The SMILES string of the molecule is Cc1cnc2n1-c1cc(Cl)ccc1Nc1ccccc1-2.Cl. The minimum absolute atomic E-state index is 0. The van der Waals surface area contributed by atoms with Crippen molar-refractivity contribution in [2.24, 2.45) is 0 Å². The molecule has 1 aliphatic heterocycles. The van der Waals surface area contributed by atoms with Gasteiger partial charge >= 0.3 is 0 Å². The molecular weight excluding hydrogens is 305 g/mol. The molecule has 0 bridgehead atoms. The van der Waals surface area contributed by atoms with Gasteiger partial charge in [-0.05, 0) is 37.3 Å². The Morgan fingerprint density at radius 2 is 1.90 bits per heavy atom. The molecule has 0 amide bonds. The molecule has 1 aromatic heterocycles. The van der Waals surface area contributed by atoms with Crippen LogP contribution in [0.5, 0.6) is 0 Å². The molecule has 21 heavy (non-hydrogen) atoms. The Kier molecular flexibility index (Phi) is 3.40. The largest absolute Gasteiger partial charge is 0.353 e. The van der Waals surface area contributed by atoms with Crippen molar-refractivity contribution >= 4 is 35.4 Å². The van der Waals surface area contributed by atoms with E-state index in [1.165, 1.54) is 0 Å². The van der Waals surface area contributed by atoms with Crippen LogP contribution in [0.25, 0.3) is 17.1 Å². The van der Waals surface area contributed by atoms with Crippen LogP contribution in [-0.4, -0.2) is 9.55 Å². The molecule has 0 saturated heterocycles. The summed E-state index contributed by atoms with van der Waals surface area (Å²) in [7, 11) is 0. The van der Waals surface area contributed by atoms with Crippen molar-refractivity contribution in [3.05, 3.63) is 59.4 Å². The zero-order valence-electron chi connectivity index (χ0n) is 11.3. The number of aromatic nitrogens is 2. The van der Waals surface area contributed by atoms with Gasteiger partial charge in [0.2, 0.25) is 0 Å². The second kappa shape index (κ2) is 5.10. The molecule has 0 spiro atoms. The van der Waals surface area contributed by atoms with E-state index >= 15 is 0 Å². The Labute approximate surface area is 134 Å². The Bertz CT molecular complexity index is 824. The number of imidazole rings is 1. The molecular formula is C16H13Cl2N3. The lowest BCUT2D eigenvalue weighted by molar-refractivity contribution is 1.02. The fraction of sp³-hybridized carbons (Fsp3) is 0.0625. The van der Waals surface area contributed by atoms with E-state index in [9.17, 15) is 0 Å². The van der Waals surface area contributed by atoms with Gasteiger partial charge in [0, 0.05) is 28.2 Å². The smallest absolute Gasteiger partial charge is 0.146 e. The lowest BCUT2D eigenvalue weighted by Crippen LogP contribution is -1.99. The van der Waals surface area contributed by atoms with Crippen LogP contribution in [0, 0.1) is 6.92 Å². The van der Waals surface area contributed by atoms with Gasteiger partial charge in [0.1, 0.15) is 5.82 Å². The second-order valence-electron chi connectivity index (χ2n) is 4.89. The number of fused-ring (bicyclic) bond motifs is 5. The predicted octanol–water partition coefficient (Wildman–Crippen LogP) is 4.98. The van der Waals surface area contributed by atoms with Gasteiger partial charge in [-0.15, -0.1) is 12.4 Å². The molecule has 2 heterocycles. The summed E-state index contributed by atoms with van der Waals surface area (Å²) < 4.78 is 2.14. The van der Waals surface area contributed by atoms with E-state index in [0.717, 1.165) is 39.2 Å². The molecule has 4 rings (SSSR count). The van der Waals surface area contributed by atoms with Crippen LogP contribution in [0.2, 0.25) is 5.02 Å². The van der Waals surface area contributed by atoms with Crippen LogP contribution in [0.1, 0.15) is 5.69 Å². The van der Waals surface area contributed by atoms with E-state index in [1.807, 2.05) is 36.5 Å². The lowest BCUT2D eigenvalue weighted by atomic mass is 10.1. The molecule has 0 atom stereocenters. The number of rotatable bonds is 0. The van der Waals surface area contributed by atoms with Gasteiger partial charge in [-0.3, -0.25) is 4.57 Å². The Hall–Kier alpha value is -1.97. The minimum atomic E-state index is 0. The van der Waals surface area contributed by atoms with Crippen LogP contribution in [0.4, 0.5) is 11.4 Å². The highest BCUT2D eigenvalue weighted by Crippen LogP contribution is 2.39. The van der Waals surface area contributed by atoms with Crippen LogP contribution < -0.4 is 5.32 Å². The van der Waals surface area contributed by atoms with Gasteiger partial charge in [-0.2, -0.15) is 0 Å². The molecule has 2 aromatic carbocycles. The van der Waals surface area contributed by atoms with E-state index < -0.39 is 0 Å². The Morgan fingerprint density at radius 1 is 1.10 bits per heavy atom. The highest BCUT2D eigenvalue weighted by atomic mass is 35.5. The van der Waals surface area contributed by atoms with Crippen LogP contribution in [0.3, 0.4) is 0 Å². The summed E-state index contributed by atoms with van der Waals surface area (Å²) in [6, 6.07) is 14.1. The van der Waals surface area contributed by atoms with E-state index in [1.54, 1.807) is 0 Å². The monoisotopic (exact) mass is 317 g/mol. The van der Waals surface area contributed by atoms with E-state index in [-0.39, 0.29) is 12.4 Å². The minimum Gasteiger partial charge on any atom is -0.353 e. The first kappa shape index (κ1) is 14.0. The third kappa shape index (κ3) is 2.09. The maximum Gasteiger partial charge on any atom is 0.146 e. The van der Waals surface area contributed by atoms with Crippen LogP contribution >= 0.6 is 24.0 Å². The highest BCUT2D eigenvalue weighted by Gasteiger charge is 2.20. The van der Waals surface area contributed by atoms with Crippen LogP contribution in [0.15, 0.2) is 48.7 Å². The third-order valence-electron chi connectivity index (χ3n) is 3.58. The zero-order valence-corrected chi connectivity index (χ0v) is 12.9. The van der Waals surface area contributed by atoms with Gasteiger partial charge in [-0.25, -0.2) is 4.98 Å². The Morgan fingerprint density at radius 3 is 2.76 bits per heavy atom. The standard InChI is InChI=1S/C16H12ClN3.ClH/c1-10-9-18-16-12-4-2-3-5-13(12)19-14-7-6-11(17)8-15(14)20(10)16;/h2-9,19H,1H3;1H. The number of nitrogens with zero attached hydrogens (tertiary/aromatic N) is 2. The van der Waals surface area contributed by atoms with Gasteiger partial charge in [0.05, 0.1) is 11.4 Å². The average molecular weight is 318 g/mol. The Balaban J connectivity index is 0.00000132. The quantitative estimate of drug-likeness (QED) is 0.495. The molecule has 0 aliphatic carbocycles. The molecule has 1 aliphatic rings. The van der Waals surface area contributed by atoms with Gasteiger partial charge in [0.25, 0.3) is 0 Å². The summed E-state index contributed by atoms with van der Waals surface area (Å²) >= 11 is 6.17. The maximum absolute atomic E-state index is 6.17. The molecule has 0 fully saturated rings. The number of hydrogen-bond donors (Lipinski definition) is 1. The number of anilines is 2. The van der Waals surface area contributed by atoms with E-state index in [2.05, 4.69) is 33.9 Å². The average Bonchev–Trinajstić information content (AvgIpc) is 2.76. The summed E-state index contributed by atoms with van der Waals surface area (Å²) in [6.07, 6.45) is 1.89. The third-order valence-corrected chi connectivity index (χ3v) is 3.81. The first-order valence-electron chi connectivity index (χ1n) is 6.45. The summed E-state index contributed by atoms with van der Waals surface area (Å²) in [5, 5.41) is 4.19. The fourth-order valence-corrected chi connectivity index (χ4v) is 2.83. The molecule has 5 heteroatoms. The van der Waals surface area contributed by atoms with Gasteiger partial charge in [-0.1, -0.05) is 23.7 Å². The molecule has 0 saturated carbocycles. The van der Waals surface area contributed by atoms with Crippen molar-refractivity contribution in [1.29, 1.82) is 0 Å². The number of nitrogens with one attached hydrogen (secondary N) is 1.